The molecule has 0 spiro atoms. The summed E-state index contributed by atoms with van der Waals surface area (Å²) in [6.45, 7) is 8.20. The van der Waals surface area contributed by atoms with Crippen LogP contribution in [0.5, 0.6) is 5.75 Å². The second-order valence-electron chi connectivity index (χ2n) is 6.97. The van der Waals surface area contributed by atoms with Gasteiger partial charge in [0.05, 0.1) is 0 Å². The summed E-state index contributed by atoms with van der Waals surface area (Å²) in [5.41, 5.74) is 7.13. The largest absolute Gasteiger partial charge is 0.508 e. The van der Waals surface area contributed by atoms with E-state index in [4.69, 9.17) is 4.98 Å². The first-order chi connectivity index (χ1) is 12.9. The fourth-order valence-electron chi connectivity index (χ4n) is 3.39. The molecule has 136 valence electrons. The van der Waals surface area contributed by atoms with Crippen molar-refractivity contribution < 1.29 is 5.11 Å². The molecule has 0 atom stereocenters. The fourth-order valence-corrected chi connectivity index (χ4v) is 3.39. The summed E-state index contributed by atoms with van der Waals surface area (Å²) in [6.07, 6.45) is 0. The molecule has 0 saturated carbocycles. The number of imidazole rings is 1. The molecule has 2 N–H and O–H groups in total. The minimum absolute atomic E-state index is 0.233. The lowest BCUT2D eigenvalue weighted by Gasteiger charge is -2.13. The quantitative estimate of drug-likeness (QED) is 0.536. The molecule has 0 amide bonds. The van der Waals surface area contributed by atoms with Crippen LogP contribution in [0.1, 0.15) is 22.5 Å². The maximum atomic E-state index is 9.64. The number of nitrogens with zero attached hydrogens (tertiary/aromatic N) is 3. The first kappa shape index (κ1) is 17.1. The van der Waals surface area contributed by atoms with Crippen molar-refractivity contribution in [2.45, 2.75) is 27.7 Å². The number of aryl methyl sites for hydroxylation is 4. The third kappa shape index (κ3) is 3.12. The number of fused-ring (bicyclic) bond motifs is 1. The minimum Gasteiger partial charge on any atom is -0.508 e. The SMILES string of the molecule is Cc1ccc(Nc2c(-c3ccc(O)cc3)nc3nc(C)cc(C)n23)c(C)c1. The van der Waals surface area contributed by atoms with Gasteiger partial charge in [-0.2, -0.15) is 0 Å². The van der Waals surface area contributed by atoms with Crippen LogP contribution < -0.4 is 5.32 Å². The number of rotatable bonds is 3. The zero-order valence-electron chi connectivity index (χ0n) is 15.9. The summed E-state index contributed by atoms with van der Waals surface area (Å²) in [6, 6.07) is 15.5. The van der Waals surface area contributed by atoms with Gasteiger partial charge in [-0.05, 0) is 69.7 Å². The van der Waals surface area contributed by atoms with E-state index in [9.17, 15) is 5.11 Å². The van der Waals surface area contributed by atoms with Gasteiger partial charge in [0.1, 0.15) is 17.3 Å². The monoisotopic (exact) mass is 358 g/mol. The molecule has 5 nitrogen and oxygen atoms in total. The smallest absolute Gasteiger partial charge is 0.236 e. The molecule has 5 heteroatoms. The third-order valence-electron chi connectivity index (χ3n) is 4.68. The van der Waals surface area contributed by atoms with Crippen molar-refractivity contribution in [3.8, 4) is 17.0 Å². The molecule has 0 aliphatic heterocycles. The highest BCUT2D eigenvalue weighted by atomic mass is 16.3. The minimum atomic E-state index is 0.233. The summed E-state index contributed by atoms with van der Waals surface area (Å²) >= 11 is 0. The molecule has 0 bridgehead atoms. The number of nitrogens with one attached hydrogen (secondary N) is 1. The molecule has 0 fully saturated rings. The Morgan fingerprint density at radius 1 is 0.889 bits per heavy atom. The van der Waals surface area contributed by atoms with Crippen molar-refractivity contribution in [3.05, 3.63) is 71.0 Å². The average molecular weight is 358 g/mol. The lowest BCUT2D eigenvalue weighted by atomic mass is 10.1. The van der Waals surface area contributed by atoms with Crippen molar-refractivity contribution in [1.29, 1.82) is 0 Å². The van der Waals surface area contributed by atoms with E-state index in [1.165, 1.54) is 11.1 Å². The van der Waals surface area contributed by atoms with Gasteiger partial charge in [-0.1, -0.05) is 17.7 Å². The maximum Gasteiger partial charge on any atom is 0.236 e. The molecule has 27 heavy (non-hydrogen) atoms. The number of anilines is 2. The Morgan fingerprint density at radius 2 is 1.63 bits per heavy atom. The lowest BCUT2D eigenvalue weighted by Crippen LogP contribution is -2.02. The number of hydrogen-bond donors (Lipinski definition) is 2. The second kappa shape index (κ2) is 6.43. The number of benzene rings is 2. The van der Waals surface area contributed by atoms with E-state index in [0.717, 1.165) is 34.2 Å². The summed E-state index contributed by atoms with van der Waals surface area (Å²) in [4.78, 5) is 9.39. The molecular formula is C22H22N4O. The molecular weight excluding hydrogens is 336 g/mol. The van der Waals surface area contributed by atoms with Gasteiger partial charge >= 0.3 is 0 Å². The predicted octanol–water partition coefficient (Wildman–Crippen LogP) is 5.08. The van der Waals surface area contributed by atoms with Crippen LogP contribution in [0.3, 0.4) is 0 Å². The Morgan fingerprint density at radius 3 is 2.33 bits per heavy atom. The van der Waals surface area contributed by atoms with E-state index in [1.807, 2.05) is 29.5 Å². The summed E-state index contributed by atoms with van der Waals surface area (Å²) in [5.74, 6) is 1.76. The summed E-state index contributed by atoms with van der Waals surface area (Å²) in [5, 5.41) is 13.2. The molecule has 2 heterocycles. The zero-order valence-corrected chi connectivity index (χ0v) is 15.9. The van der Waals surface area contributed by atoms with Crippen LogP contribution >= 0.6 is 0 Å². The topological polar surface area (TPSA) is 62.5 Å². The Labute approximate surface area is 158 Å². The Balaban J connectivity index is 1.95. The molecule has 4 aromatic rings. The highest BCUT2D eigenvalue weighted by Crippen LogP contribution is 2.33. The normalized spacial score (nSPS) is 11.1. The van der Waals surface area contributed by atoms with Crippen molar-refractivity contribution >= 4 is 17.3 Å². The molecule has 0 unspecified atom stereocenters. The van der Waals surface area contributed by atoms with Crippen LogP contribution in [-0.4, -0.2) is 19.5 Å². The van der Waals surface area contributed by atoms with Crippen LogP contribution in [0.15, 0.2) is 48.5 Å². The van der Waals surface area contributed by atoms with Crippen LogP contribution in [0.25, 0.3) is 17.0 Å². The molecule has 2 aromatic heterocycles. The number of phenols is 1. The molecule has 0 aliphatic rings. The Kier molecular flexibility index (Phi) is 4.07. The highest BCUT2D eigenvalue weighted by molar-refractivity contribution is 5.80. The number of aromatic nitrogens is 3. The molecule has 4 rings (SSSR count). The van der Waals surface area contributed by atoms with E-state index >= 15 is 0 Å². The van der Waals surface area contributed by atoms with Crippen LogP contribution in [0.2, 0.25) is 0 Å². The number of hydrogen-bond acceptors (Lipinski definition) is 4. The highest BCUT2D eigenvalue weighted by Gasteiger charge is 2.18. The first-order valence-electron chi connectivity index (χ1n) is 8.93. The lowest BCUT2D eigenvalue weighted by molar-refractivity contribution is 0.475. The van der Waals surface area contributed by atoms with Crippen LogP contribution in [0.4, 0.5) is 11.5 Å². The van der Waals surface area contributed by atoms with Crippen molar-refractivity contribution in [1.82, 2.24) is 14.4 Å². The van der Waals surface area contributed by atoms with Gasteiger partial charge in [-0.15, -0.1) is 0 Å². The number of phenolic OH excluding ortho intramolecular Hbond substituents is 1. The van der Waals surface area contributed by atoms with Gasteiger partial charge in [0.2, 0.25) is 5.78 Å². The fraction of sp³-hybridized carbons (Fsp3) is 0.182. The molecule has 0 saturated heterocycles. The van der Waals surface area contributed by atoms with Gasteiger partial charge in [0.25, 0.3) is 0 Å². The standard InChI is InChI=1S/C22H22N4O/c1-13-5-10-19(14(2)11-13)24-21-20(17-6-8-18(27)9-7-17)25-22-23-15(3)12-16(4)26(21)22/h5-12,24,27H,1-4H3. The van der Waals surface area contributed by atoms with Crippen molar-refractivity contribution in [2.24, 2.45) is 0 Å². The van der Waals surface area contributed by atoms with Crippen molar-refractivity contribution in [2.75, 3.05) is 5.32 Å². The van der Waals surface area contributed by atoms with E-state index in [2.05, 4.69) is 49.3 Å². The van der Waals surface area contributed by atoms with E-state index in [-0.39, 0.29) is 5.75 Å². The van der Waals surface area contributed by atoms with E-state index in [0.29, 0.717) is 5.78 Å². The van der Waals surface area contributed by atoms with Crippen LogP contribution in [0, 0.1) is 27.7 Å². The predicted molar refractivity (Wildman–Crippen MR) is 109 cm³/mol. The van der Waals surface area contributed by atoms with Gasteiger partial charge in [-0.3, -0.25) is 4.40 Å². The van der Waals surface area contributed by atoms with Crippen LogP contribution in [-0.2, 0) is 0 Å². The van der Waals surface area contributed by atoms with Gasteiger partial charge in [-0.25, -0.2) is 9.97 Å². The van der Waals surface area contributed by atoms with E-state index < -0.39 is 0 Å². The van der Waals surface area contributed by atoms with Gasteiger partial charge in [0.15, 0.2) is 0 Å². The second-order valence-corrected chi connectivity index (χ2v) is 6.97. The van der Waals surface area contributed by atoms with Crippen molar-refractivity contribution in [3.63, 3.8) is 0 Å². The van der Waals surface area contributed by atoms with E-state index in [1.54, 1.807) is 12.1 Å². The number of aromatic hydroxyl groups is 1. The molecule has 2 aromatic carbocycles. The Hall–Kier alpha value is -3.34. The molecule has 0 radical (unpaired) electrons. The summed E-state index contributed by atoms with van der Waals surface area (Å²) in [7, 11) is 0. The summed E-state index contributed by atoms with van der Waals surface area (Å²) < 4.78 is 2.04. The molecule has 0 aliphatic carbocycles. The first-order valence-corrected chi connectivity index (χ1v) is 8.93. The maximum absolute atomic E-state index is 9.64. The third-order valence-corrected chi connectivity index (χ3v) is 4.68. The zero-order chi connectivity index (χ0) is 19.1. The Bertz CT molecular complexity index is 1140. The van der Waals surface area contributed by atoms with Gasteiger partial charge in [0, 0.05) is 22.6 Å². The van der Waals surface area contributed by atoms with Gasteiger partial charge < -0.3 is 10.4 Å². The average Bonchev–Trinajstić information content (AvgIpc) is 2.96.